The van der Waals surface area contributed by atoms with Gasteiger partial charge in [0.1, 0.15) is 0 Å². The molecule has 0 aromatic heterocycles. The van der Waals surface area contributed by atoms with Crippen LogP contribution in [-0.4, -0.2) is 101 Å². The van der Waals surface area contributed by atoms with Crippen LogP contribution in [0.3, 0.4) is 0 Å². The molecule has 8 saturated heterocycles. The Labute approximate surface area is 535 Å². The van der Waals surface area contributed by atoms with Gasteiger partial charge in [0, 0.05) is 26.4 Å². The highest BCUT2D eigenvalue weighted by Gasteiger charge is 2.50. The lowest BCUT2D eigenvalue weighted by molar-refractivity contribution is -0.191. The molecule has 16 rings (SSSR count). The number of ether oxygens (including phenoxy) is 6. The second-order valence-corrected chi connectivity index (χ2v) is 20.3. The molecular formula is C76H170N2O6. The van der Waals surface area contributed by atoms with E-state index in [0.29, 0.717) is 22.4 Å². The quantitative estimate of drug-likeness (QED) is 0.248. The van der Waals surface area contributed by atoms with Crippen molar-refractivity contribution in [3.8, 4) is 0 Å². The highest BCUT2D eigenvalue weighted by molar-refractivity contribution is 5.01. The third-order valence-electron chi connectivity index (χ3n) is 15.1. The predicted molar refractivity (Wildman–Crippen MR) is 384 cm³/mol. The van der Waals surface area contributed by atoms with Crippen molar-refractivity contribution in [2.24, 2.45) is 0 Å². The first-order valence-electron chi connectivity index (χ1n) is 38.8. The van der Waals surface area contributed by atoms with Crippen molar-refractivity contribution in [2.75, 3.05) is 79.0 Å². The Balaban J connectivity index is -0.000000122. The Morgan fingerprint density at radius 3 is 0.286 bits per heavy atom. The monoisotopic (exact) mass is 1210 g/mol. The van der Waals surface area contributed by atoms with E-state index >= 15 is 0 Å². The molecule has 4 spiro atoms. The maximum absolute atomic E-state index is 5.35. The SMILES string of the molecule is C1CC2(C1)CCO2.C1CC2(C1)CCO2.C1CC2(CC2)O1.C1CC2(CC2)O1.C1CCC1.C1CCC1.C1CCCC1.C1CCCC1.C1CNC1.C1CNC1.C1COC1.C1COC1.CC.CC.CC.CC.CC.CC.CC.CC.CC.CC.CC.CC. The minimum absolute atomic E-state index is 0.444. The molecule has 0 atom stereocenters. The summed E-state index contributed by atoms with van der Waals surface area (Å²) in [5.41, 5.74) is 1.83. The van der Waals surface area contributed by atoms with Gasteiger partial charge in [-0.1, -0.05) is 282 Å². The molecule has 16 aliphatic rings. The molecule has 16 fully saturated rings. The molecule has 8 aliphatic carbocycles. The zero-order chi connectivity index (χ0) is 65.6. The zero-order valence-electron chi connectivity index (χ0n) is 63.4. The Kier molecular flexibility index (Phi) is 103. The van der Waals surface area contributed by atoms with E-state index in [2.05, 4.69) is 10.6 Å². The van der Waals surface area contributed by atoms with Crippen LogP contribution < -0.4 is 10.6 Å². The normalized spacial score (nSPS) is 21.4. The fraction of sp³-hybridized carbons (Fsp3) is 1.00. The van der Waals surface area contributed by atoms with E-state index in [1.165, 1.54) is 257 Å². The van der Waals surface area contributed by atoms with Crippen LogP contribution in [-0.2, 0) is 28.4 Å². The molecule has 0 unspecified atom stereocenters. The van der Waals surface area contributed by atoms with E-state index in [1.807, 2.05) is 166 Å². The van der Waals surface area contributed by atoms with Gasteiger partial charge in [0.05, 0.1) is 48.8 Å². The Morgan fingerprint density at radius 1 is 0.167 bits per heavy atom. The lowest BCUT2D eigenvalue weighted by Crippen LogP contribution is -2.49. The van der Waals surface area contributed by atoms with Crippen LogP contribution in [0, 0.1) is 0 Å². The van der Waals surface area contributed by atoms with Gasteiger partial charge < -0.3 is 39.1 Å². The minimum Gasteiger partial charge on any atom is -0.381 e. The number of nitrogens with one attached hydrogen (secondary N) is 2. The average Bonchev–Trinajstić information content (AvgIpc) is 4.24. The Hall–Kier alpha value is -0.320. The van der Waals surface area contributed by atoms with Gasteiger partial charge in [0.2, 0.25) is 0 Å². The molecule has 520 valence electrons. The highest BCUT2D eigenvalue weighted by atomic mass is 16.5. The smallest absolute Gasteiger partial charge is 0.0706 e. The molecule has 0 bridgehead atoms. The summed E-state index contributed by atoms with van der Waals surface area (Å²) in [5, 5.41) is 6.22. The van der Waals surface area contributed by atoms with Crippen LogP contribution in [0.15, 0.2) is 0 Å². The van der Waals surface area contributed by atoms with Gasteiger partial charge in [-0.05, 0) is 142 Å². The van der Waals surface area contributed by atoms with Gasteiger partial charge in [-0.25, -0.2) is 0 Å². The van der Waals surface area contributed by atoms with E-state index in [4.69, 9.17) is 28.4 Å². The van der Waals surface area contributed by atoms with Crippen molar-refractivity contribution >= 4 is 0 Å². The van der Waals surface area contributed by atoms with Gasteiger partial charge in [0.25, 0.3) is 0 Å². The molecule has 0 aromatic rings. The van der Waals surface area contributed by atoms with Crippen LogP contribution in [0.4, 0.5) is 0 Å². The van der Waals surface area contributed by atoms with E-state index < -0.39 is 0 Å². The summed E-state index contributed by atoms with van der Waals surface area (Å²) >= 11 is 0. The fourth-order valence-electron chi connectivity index (χ4n) is 7.47. The third-order valence-corrected chi connectivity index (χ3v) is 15.1. The van der Waals surface area contributed by atoms with Crippen molar-refractivity contribution in [3.05, 3.63) is 0 Å². The van der Waals surface area contributed by atoms with Crippen LogP contribution in [0.5, 0.6) is 0 Å². The first-order chi connectivity index (χ1) is 41.7. The number of hydrogen-bond donors (Lipinski definition) is 2. The standard InChI is InChI=1S/2C6H10O.2C5H8O.2C5H10.2C4H8.2C3H7N.2C3H6O.12C2H6/c2*1-2-6(3-1)4-5-7-6;2*1-2-5(1)3-4-6-5;2*1-2-4-5-3-1;6*1-2-4-3-1;12*1-2/h2*1-5H2;2*1-4H2;2*1-5H2;2*1-4H2;2*4H,1-3H2;2*1-3H2;12*1-2H3. The lowest BCUT2D eigenvalue weighted by atomic mass is 9.75. The average molecular weight is 1210 g/mol. The van der Waals surface area contributed by atoms with Gasteiger partial charge in [-0.15, -0.1) is 0 Å². The molecule has 8 nitrogen and oxygen atoms in total. The Morgan fingerprint density at radius 2 is 0.274 bits per heavy atom. The summed E-state index contributed by atoms with van der Waals surface area (Å²) in [6.45, 7) is 61.1. The van der Waals surface area contributed by atoms with Crippen molar-refractivity contribution in [1.82, 2.24) is 10.6 Å². The van der Waals surface area contributed by atoms with E-state index in [-0.39, 0.29) is 0 Å². The Bertz CT molecular complexity index is 792. The number of rotatable bonds is 0. The van der Waals surface area contributed by atoms with Crippen molar-refractivity contribution in [2.45, 2.75) is 420 Å². The summed E-state index contributed by atoms with van der Waals surface area (Å²) in [4.78, 5) is 0. The molecule has 0 amide bonds. The van der Waals surface area contributed by atoms with Crippen LogP contribution in [0.25, 0.3) is 0 Å². The molecule has 8 heteroatoms. The highest BCUT2D eigenvalue weighted by Crippen LogP contribution is 2.49. The zero-order valence-corrected chi connectivity index (χ0v) is 63.4. The molecule has 2 N–H and O–H groups in total. The van der Waals surface area contributed by atoms with E-state index in [9.17, 15) is 0 Å². The van der Waals surface area contributed by atoms with Crippen LogP contribution >= 0.6 is 0 Å². The second-order valence-electron chi connectivity index (χ2n) is 20.3. The molecule has 84 heavy (non-hydrogen) atoms. The summed E-state index contributed by atoms with van der Waals surface area (Å²) < 4.78 is 30.6. The molecule has 8 heterocycles. The molecule has 8 saturated carbocycles. The van der Waals surface area contributed by atoms with Gasteiger partial charge in [0.15, 0.2) is 0 Å². The first-order valence-corrected chi connectivity index (χ1v) is 38.8. The summed E-state index contributed by atoms with van der Waals surface area (Å²) in [6.07, 6.45) is 51.2. The topological polar surface area (TPSA) is 79.4 Å². The minimum atomic E-state index is 0.444. The molecular weight excluding hydrogens is 1040 g/mol. The first kappa shape index (κ1) is 99.9. The maximum atomic E-state index is 5.35. The second kappa shape index (κ2) is 86.9. The largest absolute Gasteiger partial charge is 0.381 e. The van der Waals surface area contributed by atoms with Gasteiger partial charge >= 0.3 is 0 Å². The van der Waals surface area contributed by atoms with Crippen molar-refractivity contribution < 1.29 is 28.4 Å². The van der Waals surface area contributed by atoms with Crippen LogP contribution in [0.1, 0.15) is 397 Å². The van der Waals surface area contributed by atoms with Gasteiger partial charge in [-0.2, -0.15) is 0 Å². The van der Waals surface area contributed by atoms with E-state index in [1.54, 1.807) is 0 Å². The van der Waals surface area contributed by atoms with Crippen molar-refractivity contribution in [1.29, 1.82) is 0 Å². The fourth-order valence-corrected chi connectivity index (χ4v) is 7.47. The molecule has 8 aliphatic heterocycles. The summed E-state index contributed by atoms with van der Waals surface area (Å²) in [7, 11) is 0. The lowest BCUT2D eigenvalue weighted by Gasteiger charge is -2.48. The molecule has 0 radical (unpaired) electrons. The third kappa shape index (κ3) is 63.3. The van der Waals surface area contributed by atoms with Crippen LogP contribution in [0.2, 0.25) is 0 Å². The maximum Gasteiger partial charge on any atom is 0.0706 e. The van der Waals surface area contributed by atoms with E-state index in [0.717, 1.165) is 52.9 Å². The van der Waals surface area contributed by atoms with Gasteiger partial charge in [-0.3, -0.25) is 0 Å². The predicted octanol–water partition coefficient (Wildman–Crippen LogP) is 24.6. The number of hydrogen-bond acceptors (Lipinski definition) is 8. The molecule has 0 aromatic carbocycles. The summed E-state index contributed by atoms with van der Waals surface area (Å²) in [6, 6.07) is 0. The summed E-state index contributed by atoms with van der Waals surface area (Å²) in [5.74, 6) is 0. The van der Waals surface area contributed by atoms with Crippen molar-refractivity contribution in [3.63, 3.8) is 0 Å².